The van der Waals surface area contributed by atoms with Gasteiger partial charge in [0, 0.05) is 6.04 Å². The van der Waals surface area contributed by atoms with Crippen molar-refractivity contribution in [2.24, 2.45) is 0 Å². The number of rotatable bonds is 2. The highest BCUT2D eigenvalue weighted by Gasteiger charge is 2.13. The smallest absolute Gasteiger partial charge is 0.387 e. The molecule has 0 saturated heterocycles. The maximum Gasteiger partial charge on any atom is 0.414 e. The number of hydrogen-bond donors (Lipinski definition) is 1. The fraction of sp³-hybridized carbons (Fsp3) is 0.273. The summed E-state index contributed by atoms with van der Waals surface area (Å²) < 4.78 is 10.0. The molecule has 0 saturated carbocycles. The first-order valence-electron chi connectivity index (χ1n) is 4.99. The molecule has 1 heterocycles. The zero-order valence-electron chi connectivity index (χ0n) is 9.06. The van der Waals surface area contributed by atoms with Crippen LogP contribution in [-0.2, 0) is 0 Å². The van der Waals surface area contributed by atoms with Crippen LogP contribution in [0.1, 0.15) is 13.8 Å². The third-order valence-corrected chi connectivity index (χ3v) is 1.94. The number of carbonyl (C=O) groups excluding carboxylic acids is 1. The fourth-order valence-corrected chi connectivity index (χ4v) is 1.29. The van der Waals surface area contributed by atoms with E-state index in [9.17, 15) is 4.79 Å². The molecule has 0 spiro atoms. The SMILES string of the molecule is CC(C)NC(=O)Oc1noc2ccccc12. The summed E-state index contributed by atoms with van der Waals surface area (Å²) in [5.41, 5.74) is 0.592. The third kappa shape index (κ3) is 2.13. The molecule has 0 radical (unpaired) electrons. The van der Waals surface area contributed by atoms with E-state index in [0.29, 0.717) is 11.0 Å². The highest BCUT2D eigenvalue weighted by molar-refractivity contribution is 5.84. The van der Waals surface area contributed by atoms with Crippen LogP contribution in [0.5, 0.6) is 5.88 Å². The lowest BCUT2D eigenvalue weighted by molar-refractivity contribution is 0.194. The quantitative estimate of drug-likeness (QED) is 0.843. The van der Waals surface area contributed by atoms with Gasteiger partial charge in [-0.05, 0) is 31.1 Å². The molecule has 2 aromatic rings. The highest BCUT2D eigenvalue weighted by Crippen LogP contribution is 2.23. The molecule has 0 bridgehead atoms. The van der Waals surface area contributed by atoms with E-state index in [4.69, 9.17) is 9.26 Å². The minimum atomic E-state index is -0.533. The van der Waals surface area contributed by atoms with Crippen LogP contribution in [0.3, 0.4) is 0 Å². The van der Waals surface area contributed by atoms with Gasteiger partial charge in [-0.1, -0.05) is 12.1 Å². The van der Waals surface area contributed by atoms with Crippen molar-refractivity contribution < 1.29 is 14.1 Å². The van der Waals surface area contributed by atoms with Gasteiger partial charge in [0.2, 0.25) is 0 Å². The van der Waals surface area contributed by atoms with Gasteiger partial charge in [0.15, 0.2) is 5.58 Å². The first kappa shape index (κ1) is 10.5. The van der Waals surface area contributed by atoms with Gasteiger partial charge in [0.05, 0.1) is 5.39 Å². The standard InChI is InChI=1S/C11H12N2O3/c1-7(2)12-11(14)15-10-8-5-3-4-6-9(8)16-13-10/h3-7H,1-2H3,(H,12,14). The lowest BCUT2D eigenvalue weighted by atomic mass is 10.3. The molecule has 0 unspecified atom stereocenters. The molecule has 1 amide bonds. The van der Waals surface area contributed by atoms with Gasteiger partial charge >= 0.3 is 6.09 Å². The molecule has 0 atom stereocenters. The van der Waals surface area contributed by atoms with E-state index in [0.717, 1.165) is 0 Å². The lowest BCUT2D eigenvalue weighted by Gasteiger charge is -2.06. The molecule has 0 aliphatic carbocycles. The zero-order chi connectivity index (χ0) is 11.5. The topological polar surface area (TPSA) is 64.4 Å². The summed E-state index contributed by atoms with van der Waals surface area (Å²) in [6.07, 6.45) is -0.533. The molecule has 1 aromatic carbocycles. The second-order valence-corrected chi connectivity index (χ2v) is 3.67. The minimum Gasteiger partial charge on any atom is -0.387 e. The average molecular weight is 220 g/mol. The summed E-state index contributed by atoms with van der Waals surface area (Å²) in [6.45, 7) is 3.70. The molecule has 84 valence electrons. The molecular formula is C11H12N2O3. The van der Waals surface area contributed by atoms with Crippen molar-refractivity contribution in [1.29, 1.82) is 0 Å². The second kappa shape index (κ2) is 4.22. The average Bonchev–Trinajstić information content (AvgIpc) is 2.61. The zero-order valence-corrected chi connectivity index (χ0v) is 9.06. The summed E-state index contributed by atoms with van der Waals surface area (Å²) in [7, 11) is 0. The van der Waals surface area contributed by atoms with Gasteiger partial charge in [0.25, 0.3) is 5.88 Å². The summed E-state index contributed by atoms with van der Waals surface area (Å²) >= 11 is 0. The van der Waals surface area contributed by atoms with Crippen LogP contribution < -0.4 is 10.1 Å². The molecular weight excluding hydrogens is 208 g/mol. The van der Waals surface area contributed by atoms with Crippen LogP contribution in [0, 0.1) is 0 Å². The largest absolute Gasteiger partial charge is 0.414 e. The Bertz CT molecular complexity index is 505. The van der Waals surface area contributed by atoms with Crippen molar-refractivity contribution in [3.05, 3.63) is 24.3 Å². The van der Waals surface area contributed by atoms with Crippen molar-refractivity contribution >= 4 is 17.1 Å². The normalized spacial score (nSPS) is 10.7. The number of hydrogen-bond acceptors (Lipinski definition) is 4. The van der Waals surface area contributed by atoms with Crippen LogP contribution in [-0.4, -0.2) is 17.3 Å². The molecule has 0 fully saturated rings. The Labute approximate surface area is 92.4 Å². The summed E-state index contributed by atoms with van der Waals surface area (Å²) in [5, 5.41) is 6.97. The van der Waals surface area contributed by atoms with E-state index in [1.165, 1.54) is 0 Å². The number of nitrogens with one attached hydrogen (secondary N) is 1. The lowest BCUT2D eigenvalue weighted by Crippen LogP contribution is -2.32. The Morgan fingerprint density at radius 3 is 2.94 bits per heavy atom. The molecule has 2 rings (SSSR count). The first-order valence-corrected chi connectivity index (χ1v) is 4.99. The fourth-order valence-electron chi connectivity index (χ4n) is 1.29. The first-order chi connectivity index (χ1) is 7.66. The van der Waals surface area contributed by atoms with Gasteiger partial charge < -0.3 is 14.6 Å². The van der Waals surface area contributed by atoms with Gasteiger partial charge in [-0.3, -0.25) is 0 Å². The molecule has 0 aliphatic rings. The highest BCUT2D eigenvalue weighted by atomic mass is 16.6. The van der Waals surface area contributed by atoms with E-state index in [1.807, 2.05) is 26.0 Å². The second-order valence-electron chi connectivity index (χ2n) is 3.67. The van der Waals surface area contributed by atoms with Gasteiger partial charge in [-0.15, -0.1) is 0 Å². The van der Waals surface area contributed by atoms with Gasteiger partial charge in [-0.25, -0.2) is 4.79 Å². The van der Waals surface area contributed by atoms with E-state index in [2.05, 4.69) is 10.5 Å². The van der Waals surface area contributed by atoms with Crippen LogP contribution in [0.15, 0.2) is 28.8 Å². The Morgan fingerprint density at radius 1 is 1.44 bits per heavy atom. The van der Waals surface area contributed by atoms with Crippen molar-refractivity contribution in [2.45, 2.75) is 19.9 Å². The van der Waals surface area contributed by atoms with Crippen LogP contribution in [0.25, 0.3) is 11.0 Å². The number of ether oxygens (including phenoxy) is 1. The van der Waals surface area contributed by atoms with Crippen molar-refractivity contribution in [3.8, 4) is 5.88 Å². The molecule has 1 N–H and O–H groups in total. The van der Waals surface area contributed by atoms with Crippen molar-refractivity contribution in [1.82, 2.24) is 10.5 Å². The van der Waals surface area contributed by atoms with Crippen LogP contribution in [0.4, 0.5) is 4.79 Å². The molecule has 5 nitrogen and oxygen atoms in total. The number of aromatic nitrogens is 1. The van der Waals surface area contributed by atoms with Crippen LogP contribution >= 0.6 is 0 Å². The predicted octanol–water partition coefficient (Wildman–Crippen LogP) is 2.32. The third-order valence-electron chi connectivity index (χ3n) is 1.94. The van der Waals surface area contributed by atoms with Gasteiger partial charge in [-0.2, -0.15) is 0 Å². The van der Waals surface area contributed by atoms with E-state index in [-0.39, 0.29) is 11.9 Å². The maximum absolute atomic E-state index is 11.3. The van der Waals surface area contributed by atoms with E-state index < -0.39 is 6.09 Å². The van der Waals surface area contributed by atoms with Crippen molar-refractivity contribution in [2.75, 3.05) is 0 Å². The van der Waals surface area contributed by atoms with E-state index >= 15 is 0 Å². The monoisotopic (exact) mass is 220 g/mol. The molecule has 16 heavy (non-hydrogen) atoms. The number of nitrogens with zero attached hydrogens (tertiary/aromatic N) is 1. The summed E-state index contributed by atoms with van der Waals surface area (Å²) in [6, 6.07) is 7.21. The number of carbonyl (C=O) groups is 1. The molecule has 5 heteroatoms. The Kier molecular flexibility index (Phi) is 2.76. The number of benzene rings is 1. The van der Waals surface area contributed by atoms with Gasteiger partial charge in [0.1, 0.15) is 0 Å². The number of fused-ring (bicyclic) bond motifs is 1. The number of para-hydroxylation sites is 1. The Morgan fingerprint density at radius 2 is 2.19 bits per heavy atom. The predicted molar refractivity (Wildman–Crippen MR) is 58.3 cm³/mol. The Balaban J connectivity index is 2.18. The number of amides is 1. The molecule has 1 aromatic heterocycles. The van der Waals surface area contributed by atoms with E-state index in [1.54, 1.807) is 12.1 Å². The Hall–Kier alpha value is -2.04. The summed E-state index contributed by atoms with van der Waals surface area (Å²) in [5.74, 6) is 0.189. The minimum absolute atomic E-state index is 0.0191. The summed E-state index contributed by atoms with van der Waals surface area (Å²) in [4.78, 5) is 11.3. The maximum atomic E-state index is 11.3. The van der Waals surface area contributed by atoms with Crippen LogP contribution in [0.2, 0.25) is 0 Å². The molecule has 0 aliphatic heterocycles. The van der Waals surface area contributed by atoms with Crippen molar-refractivity contribution in [3.63, 3.8) is 0 Å².